The largest absolute Gasteiger partial charge is 0.204 e. The molecule has 0 fully saturated rings. The molecule has 0 radical (unpaired) electrons. The number of thiophene rings is 1. The van der Waals surface area contributed by atoms with Gasteiger partial charge in [-0.25, -0.2) is 8.78 Å². The summed E-state index contributed by atoms with van der Waals surface area (Å²) < 4.78 is 26.9. The lowest BCUT2D eigenvalue weighted by atomic mass is 9.95. The molecular weight excluding hydrogens is 286 g/mol. The van der Waals surface area contributed by atoms with Gasteiger partial charge in [0.1, 0.15) is 0 Å². The molecule has 1 aromatic heterocycles. The lowest BCUT2D eigenvalue weighted by molar-refractivity contribution is 0.500. The molecule has 19 heavy (non-hydrogen) atoms. The Hall–Kier alpha value is -0.930. The summed E-state index contributed by atoms with van der Waals surface area (Å²) in [5, 5.41) is -0.656. The Labute approximate surface area is 121 Å². The molecule has 1 unspecified atom stereocenters. The molecule has 0 aliphatic rings. The van der Waals surface area contributed by atoms with Gasteiger partial charge >= 0.3 is 0 Å². The summed E-state index contributed by atoms with van der Waals surface area (Å²) in [7, 11) is 0. The average Bonchev–Trinajstić information content (AvgIpc) is 2.81. The zero-order valence-electron chi connectivity index (χ0n) is 11.0. The van der Waals surface area contributed by atoms with Crippen molar-refractivity contribution in [1.82, 2.24) is 0 Å². The van der Waals surface area contributed by atoms with Crippen LogP contribution >= 0.6 is 22.9 Å². The van der Waals surface area contributed by atoms with Gasteiger partial charge in [-0.05, 0) is 23.6 Å². The number of halogens is 3. The summed E-state index contributed by atoms with van der Waals surface area (Å²) in [6.45, 7) is 6.32. The van der Waals surface area contributed by atoms with Gasteiger partial charge in [-0.2, -0.15) is 0 Å². The van der Waals surface area contributed by atoms with E-state index in [1.807, 2.05) is 12.1 Å². The molecular formula is C15H15ClF2S. The van der Waals surface area contributed by atoms with Crippen LogP contribution in [0.15, 0.2) is 30.3 Å². The highest BCUT2D eigenvalue weighted by Gasteiger charge is 2.22. The molecule has 0 nitrogen and oxygen atoms in total. The maximum absolute atomic E-state index is 13.7. The predicted molar refractivity (Wildman–Crippen MR) is 77.1 cm³/mol. The minimum absolute atomic E-state index is 0.0278. The van der Waals surface area contributed by atoms with Gasteiger partial charge in [-0.15, -0.1) is 22.9 Å². The highest BCUT2D eigenvalue weighted by molar-refractivity contribution is 7.12. The highest BCUT2D eigenvalue weighted by Crippen LogP contribution is 2.38. The lowest BCUT2D eigenvalue weighted by Gasteiger charge is -2.15. The normalized spacial score (nSPS) is 13.6. The molecule has 102 valence electrons. The van der Waals surface area contributed by atoms with E-state index < -0.39 is 17.0 Å². The van der Waals surface area contributed by atoms with Crippen molar-refractivity contribution in [3.05, 3.63) is 57.3 Å². The van der Waals surface area contributed by atoms with Crippen LogP contribution in [0.5, 0.6) is 0 Å². The second-order valence-corrected chi connectivity index (χ2v) is 7.01. The summed E-state index contributed by atoms with van der Waals surface area (Å²) in [6, 6.07) is 7.96. The third-order valence-electron chi connectivity index (χ3n) is 2.87. The van der Waals surface area contributed by atoms with Crippen LogP contribution < -0.4 is 0 Å². The topological polar surface area (TPSA) is 0 Å². The Bertz CT molecular complexity index is 584. The summed E-state index contributed by atoms with van der Waals surface area (Å²) in [6.07, 6.45) is 0. The van der Waals surface area contributed by atoms with E-state index in [0.29, 0.717) is 0 Å². The lowest BCUT2D eigenvalue weighted by Crippen LogP contribution is -2.07. The summed E-state index contributed by atoms with van der Waals surface area (Å²) >= 11 is 7.81. The van der Waals surface area contributed by atoms with Gasteiger partial charge in [-0.1, -0.05) is 32.9 Å². The number of alkyl halides is 1. The fourth-order valence-electron chi connectivity index (χ4n) is 1.76. The van der Waals surface area contributed by atoms with Crippen LogP contribution in [0.2, 0.25) is 0 Å². The smallest absolute Gasteiger partial charge is 0.163 e. The van der Waals surface area contributed by atoms with Crippen LogP contribution in [-0.2, 0) is 5.41 Å². The first-order valence-electron chi connectivity index (χ1n) is 5.99. The van der Waals surface area contributed by atoms with Gasteiger partial charge in [0.2, 0.25) is 0 Å². The van der Waals surface area contributed by atoms with Crippen molar-refractivity contribution in [2.75, 3.05) is 0 Å². The Morgan fingerprint density at radius 3 is 2.37 bits per heavy atom. The van der Waals surface area contributed by atoms with Crippen molar-refractivity contribution in [1.29, 1.82) is 0 Å². The molecule has 1 aromatic carbocycles. The Morgan fingerprint density at radius 1 is 1.11 bits per heavy atom. The molecule has 2 aromatic rings. The van der Waals surface area contributed by atoms with Crippen LogP contribution in [-0.4, -0.2) is 0 Å². The van der Waals surface area contributed by atoms with Crippen LogP contribution in [0.3, 0.4) is 0 Å². The van der Waals surface area contributed by atoms with Crippen LogP contribution in [0.25, 0.3) is 0 Å². The van der Waals surface area contributed by atoms with Gasteiger partial charge in [0.25, 0.3) is 0 Å². The van der Waals surface area contributed by atoms with E-state index in [9.17, 15) is 8.78 Å². The third-order valence-corrected chi connectivity index (χ3v) is 5.05. The van der Waals surface area contributed by atoms with Crippen molar-refractivity contribution in [3.8, 4) is 0 Å². The van der Waals surface area contributed by atoms with Crippen molar-refractivity contribution in [2.24, 2.45) is 0 Å². The number of hydrogen-bond acceptors (Lipinski definition) is 1. The Kier molecular flexibility index (Phi) is 3.98. The van der Waals surface area contributed by atoms with Crippen LogP contribution in [0.4, 0.5) is 8.78 Å². The number of rotatable bonds is 2. The molecule has 2 rings (SSSR count). The number of benzene rings is 1. The maximum atomic E-state index is 13.7. The molecule has 0 saturated carbocycles. The second kappa shape index (κ2) is 5.22. The fraction of sp³-hybridized carbons (Fsp3) is 0.333. The molecule has 4 heteroatoms. The van der Waals surface area contributed by atoms with Gasteiger partial charge in [0.05, 0.1) is 5.38 Å². The molecule has 0 N–H and O–H groups in total. The highest BCUT2D eigenvalue weighted by atomic mass is 35.5. The van der Waals surface area contributed by atoms with Crippen molar-refractivity contribution < 1.29 is 8.78 Å². The Balaban J connectivity index is 2.37. The SMILES string of the molecule is CC(C)(C)c1ccc(C(Cl)c2cccc(F)c2F)s1. The quantitative estimate of drug-likeness (QED) is 0.628. The maximum Gasteiger partial charge on any atom is 0.163 e. The van der Waals surface area contributed by atoms with Crippen LogP contribution in [0.1, 0.15) is 41.5 Å². The minimum atomic E-state index is -0.867. The van der Waals surface area contributed by atoms with E-state index >= 15 is 0 Å². The van der Waals surface area contributed by atoms with E-state index in [1.165, 1.54) is 28.3 Å². The summed E-state index contributed by atoms with van der Waals surface area (Å²) in [5.74, 6) is -1.73. The minimum Gasteiger partial charge on any atom is -0.204 e. The first kappa shape index (κ1) is 14.5. The molecule has 0 spiro atoms. The number of hydrogen-bond donors (Lipinski definition) is 0. The van der Waals surface area contributed by atoms with Crippen molar-refractivity contribution >= 4 is 22.9 Å². The predicted octanol–water partition coefficient (Wildman–Crippen LogP) is 5.65. The monoisotopic (exact) mass is 300 g/mol. The first-order chi connectivity index (χ1) is 8.80. The average molecular weight is 301 g/mol. The molecule has 1 atom stereocenters. The van der Waals surface area contributed by atoms with Gasteiger partial charge in [-0.3, -0.25) is 0 Å². The van der Waals surface area contributed by atoms with Gasteiger partial charge in [0, 0.05) is 15.3 Å². The molecule has 0 aliphatic heterocycles. The Morgan fingerprint density at radius 2 is 1.79 bits per heavy atom. The zero-order chi connectivity index (χ0) is 14.2. The molecule has 0 saturated heterocycles. The van der Waals surface area contributed by atoms with Crippen LogP contribution in [0, 0.1) is 11.6 Å². The fourth-order valence-corrected chi connectivity index (χ4v) is 3.20. The molecule has 0 amide bonds. The molecule has 0 aliphatic carbocycles. The molecule has 0 bridgehead atoms. The van der Waals surface area contributed by atoms with E-state index in [-0.39, 0.29) is 11.0 Å². The van der Waals surface area contributed by atoms with E-state index in [2.05, 4.69) is 20.8 Å². The van der Waals surface area contributed by atoms with Gasteiger partial charge in [0.15, 0.2) is 11.6 Å². The van der Waals surface area contributed by atoms with E-state index in [4.69, 9.17) is 11.6 Å². The van der Waals surface area contributed by atoms with E-state index in [1.54, 1.807) is 0 Å². The van der Waals surface area contributed by atoms with Gasteiger partial charge < -0.3 is 0 Å². The van der Waals surface area contributed by atoms with Crippen molar-refractivity contribution in [3.63, 3.8) is 0 Å². The zero-order valence-corrected chi connectivity index (χ0v) is 12.6. The third kappa shape index (κ3) is 2.98. The summed E-state index contributed by atoms with van der Waals surface area (Å²) in [4.78, 5) is 2.00. The second-order valence-electron chi connectivity index (χ2n) is 5.46. The first-order valence-corrected chi connectivity index (χ1v) is 7.24. The summed E-state index contributed by atoms with van der Waals surface area (Å²) in [5.41, 5.74) is 0.212. The molecule has 1 heterocycles. The van der Waals surface area contributed by atoms with Crippen molar-refractivity contribution in [2.45, 2.75) is 31.6 Å². The standard InChI is InChI=1S/C15H15ClF2S/c1-15(2,3)12-8-7-11(19-12)13(16)9-5-4-6-10(17)14(9)18/h4-8,13H,1-3H3. The van der Waals surface area contributed by atoms with E-state index in [0.717, 1.165) is 10.9 Å².